The molecule has 2 rings (SSSR count). The number of nitrogen functional groups attached to an aromatic ring is 1. The van der Waals surface area contributed by atoms with Crippen LogP contribution >= 0.6 is 11.6 Å². The van der Waals surface area contributed by atoms with E-state index in [2.05, 4.69) is 18.9 Å². The van der Waals surface area contributed by atoms with Crippen molar-refractivity contribution in [3.05, 3.63) is 11.2 Å². The molecule has 2 N–H and O–H groups in total. The molecule has 3 unspecified atom stereocenters. The van der Waals surface area contributed by atoms with Crippen LogP contribution in [0.15, 0.2) is 6.20 Å². The molecule has 1 aliphatic rings. The van der Waals surface area contributed by atoms with Crippen molar-refractivity contribution in [1.82, 2.24) is 9.78 Å². The minimum atomic E-state index is 0.434. The Kier molecular flexibility index (Phi) is 2.91. The maximum absolute atomic E-state index is 5.91. The molecular weight excluding hydrogens is 210 g/mol. The second-order valence-corrected chi connectivity index (χ2v) is 5.15. The largest absolute Gasteiger partial charge is 0.383 e. The SMILES string of the molecule is CC1CCC(n2ncc(Cl)c2N)CC1C. The molecule has 1 aromatic rings. The van der Waals surface area contributed by atoms with Gasteiger partial charge >= 0.3 is 0 Å². The average Bonchev–Trinajstić information content (AvgIpc) is 2.53. The Hall–Kier alpha value is -0.700. The molecule has 0 bridgehead atoms. The molecule has 3 nitrogen and oxygen atoms in total. The number of nitrogens with two attached hydrogens (primary N) is 1. The van der Waals surface area contributed by atoms with Gasteiger partial charge in [0.25, 0.3) is 0 Å². The summed E-state index contributed by atoms with van der Waals surface area (Å²) in [6.45, 7) is 4.62. The van der Waals surface area contributed by atoms with Crippen molar-refractivity contribution < 1.29 is 0 Å². The standard InChI is InChI=1S/C11H18ClN3/c1-7-3-4-9(5-8(7)2)15-11(13)10(12)6-14-15/h6-9H,3-5,13H2,1-2H3. The molecule has 1 heterocycles. The van der Waals surface area contributed by atoms with Gasteiger partial charge < -0.3 is 5.73 Å². The second kappa shape index (κ2) is 4.05. The summed E-state index contributed by atoms with van der Waals surface area (Å²) < 4.78 is 1.89. The molecule has 0 radical (unpaired) electrons. The molecule has 0 aliphatic heterocycles. The Balaban J connectivity index is 2.15. The molecule has 0 aromatic carbocycles. The highest BCUT2D eigenvalue weighted by molar-refractivity contribution is 6.32. The number of anilines is 1. The predicted octanol–water partition coefficient (Wildman–Crippen LogP) is 3.12. The van der Waals surface area contributed by atoms with E-state index in [9.17, 15) is 0 Å². The fraction of sp³-hybridized carbons (Fsp3) is 0.727. The molecule has 4 heteroatoms. The van der Waals surface area contributed by atoms with Crippen molar-refractivity contribution >= 4 is 17.4 Å². The van der Waals surface area contributed by atoms with Gasteiger partial charge in [-0.05, 0) is 31.1 Å². The fourth-order valence-electron chi connectivity index (χ4n) is 2.38. The minimum Gasteiger partial charge on any atom is -0.383 e. The first-order valence-electron chi connectivity index (χ1n) is 5.58. The summed E-state index contributed by atoms with van der Waals surface area (Å²) in [7, 11) is 0. The van der Waals surface area contributed by atoms with Crippen LogP contribution in [-0.4, -0.2) is 9.78 Å². The highest BCUT2D eigenvalue weighted by atomic mass is 35.5. The molecule has 0 amide bonds. The van der Waals surface area contributed by atoms with E-state index in [-0.39, 0.29) is 0 Å². The number of hydrogen-bond acceptors (Lipinski definition) is 2. The van der Waals surface area contributed by atoms with Gasteiger partial charge in [-0.3, -0.25) is 0 Å². The first-order valence-corrected chi connectivity index (χ1v) is 5.96. The topological polar surface area (TPSA) is 43.8 Å². The third-order valence-electron chi connectivity index (χ3n) is 3.70. The van der Waals surface area contributed by atoms with Gasteiger partial charge in [-0.25, -0.2) is 4.68 Å². The molecule has 0 saturated heterocycles. The zero-order chi connectivity index (χ0) is 11.0. The van der Waals surface area contributed by atoms with Gasteiger partial charge in [-0.1, -0.05) is 25.4 Å². The molecule has 3 atom stereocenters. The van der Waals surface area contributed by atoms with Crippen molar-refractivity contribution in [2.75, 3.05) is 5.73 Å². The van der Waals surface area contributed by atoms with Crippen molar-refractivity contribution in [1.29, 1.82) is 0 Å². The predicted molar refractivity (Wildman–Crippen MR) is 62.9 cm³/mol. The molecule has 1 fully saturated rings. The lowest BCUT2D eigenvalue weighted by atomic mass is 9.79. The lowest BCUT2D eigenvalue weighted by Gasteiger charge is -2.32. The van der Waals surface area contributed by atoms with Crippen molar-refractivity contribution in [2.24, 2.45) is 11.8 Å². The van der Waals surface area contributed by atoms with E-state index < -0.39 is 0 Å². The number of hydrogen-bond donors (Lipinski definition) is 1. The van der Waals surface area contributed by atoms with Crippen LogP contribution in [0.1, 0.15) is 39.2 Å². The lowest BCUT2D eigenvalue weighted by molar-refractivity contribution is 0.202. The molecular formula is C11H18ClN3. The van der Waals surface area contributed by atoms with E-state index >= 15 is 0 Å². The molecule has 1 aliphatic carbocycles. The van der Waals surface area contributed by atoms with Crippen LogP contribution in [-0.2, 0) is 0 Å². The van der Waals surface area contributed by atoms with Crippen LogP contribution in [0, 0.1) is 11.8 Å². The monoisotopic (exact) mass is 227 g/mol. The summed E-state index contributed by atoms with van der Waals surface area (Å²) in [4.78, 5) is 0. The van der Waals surface area contributed by atoms with Gasteiger partial charge in [0.15, 0.2) is 0 Å². The van der Waals surface area contributed by atoms with E-state index in [1.165, 1.54) is 6.42 Å². The van der Waals surface area contributed by atoms with Crippen LogP contribution in [0.4, 0.5) is 5.82 Å². The smallest absolute Gasteiger partial charge is 0.140 e. The van der Waals surface area contributed by atoms with Crippen LogP contribution in [0.5, 0.6) is 0 Å². The minimum absolute atomic E-state index is 0.434. The Morgan fingerprint density at radius 2 is 2.13 bits per heavy atom. The van der Waals surface area contributed by atoms with E-state index in [1.807, 2.05) is 4.68 Å². The Morgan fingerprint density at radius 3 is 2.67 bits per heavy atom. The van der Waals surface area contributed by atoms with Gasteiger partial charge in [0.2, 0.25) is 0 Å². The summed E-state index contributed by atoms with van der Waals surface area (Å²) in [5.74, 6) is 2.17. The number of rotatable bonds is 1. The third kappa shape index (κ3) is 1.98. The number of nitrogens with zero attached hydrogens (tertiary/aromatic N) is 2. The first kappa shape index (κ1) is 10.8. The van der Waals surface area contributed by atoms with Crippen LogP contribution in [0.25, 0.3) is 0 Å². The highest BCUT2D eigenvalue weighted by Crippen LogP contribution is 2.37. The Morgan fingerprint density at radius 1 is 1.40 bits per heavy atom. The summed E-state index contributed by atoms with van der Waals surface area (Å²) >= 11 is 5.91. The zero-order valence-corrected chi connectivity index (χ0v) is 10.0. The van der Waals surface area contributed by atoms with E-state index in [4.69, 9.17) is 17.3 Å². The third-order valence-corrected chi connectivity index (χ3v) is 3.99. The zero-order valence-electron chi connectivity index (χ0n) is 9.28. The summed E-state index contributed by atoms with van der Waals surface area (Å²) in [5, 5.41) is 4.83. The number of halogens is 1. The molecule has 0 spiro atoms. The van der Waals surface area contributed by atoms with E-state index in [0.29, 0.717) is 16.9 Å². The van der Waals surface area contributed by atoms with Gasteiger partial charge in [0.05, 0.1) is 12.2 Å². The maximum atomic E-state index is 5.91. The lowest BCUT2D eigenvalue weighted by Crippen LogP contribution is -2.24. The fourth-order valence-corrected chi connectivity index (χ4v) is 2.51. The van der Waals surface area contributed by atoms with Crippen LogP contribution in [0.3, 0.4) is 0 Å². The second-order valence-electron chi connectivity index (χ2n) is 4.74. The Bertz CT molecular complexity index is 348. The average molecular weight is 228 g/mol. The number of aromatic nitrogens is 2. The summed E-state index contributed by atoms with van der Waals surface area (Å²) in [6.07, 6.45) is 5.21. The molecule has 1 saturated carbocycles. The van der Waals surface area contributed by atoms with Crippen molar-refractivity contribution in [3.8, 4) is 0 Å². The Labute approximate surface area is 95.6 Å². The van der Waals surface area contributed by atoms with Gasteiger partial charge in [-0.2, -0.15) is 5.10 Å². The van der Waals surface area contributed by atoms with E-state index in [1.54, 1.807) is 6.20 Å². The maximum Gasteiger partial charge on any atom is 0.140 e. The van der Waals surface area contributed by atoms with Crippen LogP contribution in [0.2, 0.25) is 5.02 Å². The summed E-state index contributed by atoms with van der Waals surface area (Å²) in [5.41, 5.74) is 5.88. The summed E-state index contributed by atoms with van der Waals surface area (Å²) in [6, 6.07) is 0.434. The van der Waals surface area contributed by atoms with Crippen molar-refractivity contribution in [3.63, 3.8) is 0 Å². The van der Waals surface area contributed by atoms with Gasteiger partial charge in [0, 0.05) is 0 Å². The first-order chi connectivity index (χ1) is 7.09. The highest BCUT2D eigenvalue weighted by Gasteiger charge is 2.27. The molecule has 84 valence electrons. The van der Waals surface area contributed by atoms with Gasteiger partial charge in [-0.15, -0.1) is 0 Å². The normalized spacial score (nSPS) is 31.8. The molecule has 15 heavy (non-hydrogen) atoms. The van der Waals surface area contributed by atoms with Crippen LogP contribution < -0.4 is 5.73 Å². The van der Waals surface area contributed by atoms with E-state index in [0.717, 1.165) is 24.7 Å². The van der Waals surface area contributed by atoms with Gasteiger partial charge in [0.1, 0.15) is 10.8 Å². The van der Waals surface area contributed by atoms with Crippen molar-refractivity contribution in [2.45, 2.75) is 39.2 Å². The quantitative estimate of drug-likeness (QED) is 0.801. The molecule has 1 aromatic heterocycles.